The Morgan fingerprint density at radius 1 is 1.58 bits per heavy atom. The van der Waals surface area contributed by atoms with E-state index in [1.54, 1.807) is 0 Å². The van der Waals surface area contributed by atoms with E-state index in [1.807, 2.05) is 0 Å². The van der Waals surface area contributed by atoms with Gasteiger partial charge in [0.2, 0.25) is 0 Å². The summed E-state index contributed by atoms with van der Waals surface area (Å²) in [4.78, 5) is 13.7. The van der Waals surface area contributed by atoms with Gasteiger partial charge in [-0.25, -0.2) is 0 Å². The van der Waals surface area contributed by atoms with Crippen LogP contribution >= 0.6 is 0 Å². The van der Waals surface area contributed by atoms with Crippen molar-refractivity contribution >= 4 is 5.78 Å². The standard InChI is InChI=1S/C10H17NO/c1-2-8-5-9-6-10(12)3-4-11(9)7-8/h8-9H,2-7H2,1H3/t8?,9-/m0/s1. The lowest BCUT2D eigenvalue weighted by Gasteiger charge is -2.27. The van der Waals surface area contributed by atoms with Gasteiger partial charge in [-0.1, -0.05) is 13.3 Å². The maximum absolute atomic E-state index is 11.2. The third-order valence-electron chi connectivity index (χ3n) is 3.33. The highest BCUT2D eigenvalue weighted by Crippen LogP contribution is 2.30. The van der Waals surface area contributed by atoms with Crippen LogP contribution < -0.4 is 0 Å². The summed E-state index contributed by atoms with van der Waals surface area (Å²) in [6.07, 6.45) is 4.17. The first-order valence-electron chi connectivity index (χ1n) is 5.05. The average molecular weight is 167 g/mol. The molecule has 0 radical (unpaired) electrons. The quantitative estimate of drug-likeness (QED) is 0.589. The number of ketones is 1. The van der Waals surface area contributed by atoms with Crippen molar-refractivity contribution in [1.82, 2.24) is 4.90 Å². The van der Waals surface area contributed by atoms with E-state index in [2.05, 4.69) is 11.8 Å². The summed E-state index contributed by atoms with van der Waals surface area (Å²) in [7, 11) is 0. The maximum atomic E-state index is 11.2. The van der Waals surface area contributed by atoms with Crippen molar-refractivity contribution in [1.29, 1.82) is 0 Å². The largest absolute Gasteiger partial charge is 0.300 e. The molecule has 2 rings (SSSR count). The van der Waals surface area contributed by atoms with Gasteiger partial charge in [-0.05, 0) is 12.3 Å². The van der Waals surface area contributed by atoms with Crippen LogP contribution in [-0.4, -0.2) is 29.8 Å². The molecule has 68 valence electrons. The Morgan fingerprint density at radius 2 is 2.42 bits per heavy atom. The van der Waals surface area contributed by atoms with Crippen LogP contribution in [-0.2, 0) is 4.79 Å². The van der Waals surface area contributed by atoms with E-state index in [0.717, 1.165) is 25.3 Å². The molecule has 0 saturated carbocycles. The topological polar surface area (TPSA) is 20.3 Å². The molecule has 2 fully saturated rings. The van der Waals surface area contributed by atoms with Crippen LogP contribution in [0, 0.1) is 5.92 Å². The Balaban J connectivity index is 1.97. The highest BCUT2D eigenvalue weighted by atomic mass is 16.1. The minimum absolute atomic E-state index is 0.480. The van der Waals surface area contributed by atoms with Crippen LogP contribution in [0.1, 0.15) is 32.6 Å². The third kappa shape index (κ3) is 1.40. The summed E-state index contributed by atoms with van der Waals surface area (Å²) in [5, 5.41) is 0. The van der Waals surface area contributed by atoms with Gasteiger partial charge in [-0.15, -0.1) is 0 Å². The van der Waals surface area contributed by atoms with Crippen LogP contribution in [0.4, 0.5) is 0 Å². The first-order valence-corrected chi connectivity index (χ1v) is 5.05. The number of rotatable bonds is 1. The molecule has 1 unspecified atom stereocenters. The van der Waals surface area contributed by atoms with Crippen LogP contribution in [0.15, 0.2) is 0 Å². The van der Waals surface area contributed by atoms with E-state index in [-0.39, 0.29) is 0 Å². The molecule has 2 nitrogen and oxygen atoms in total. The van der Waals surface area contributed by atoms with E-state index in [4.69, 9.17) is 0 Å². The Labute approximate surface area is 73.9 Å². The number of Topliss-reactive ketones (excluding diaryl/α,β-unsaturated/α-hetero) is 1. The normalized spacial score (nSPS) is 36.9. The third-order valence-corrected chi connectivity index (χ3v) is 3.33. The summed E-state index contributed by atoms with van der Waals surface area (Å²) in [5.74, 6) is 1.34. The fraction of sp³-hybridized carbons (Fsp3) is 0.900. The molecule has 2 atom stereocenters. The monoisotopic (exact) mass is 167 g/mol. The van der Waals surface area contributed by atoms with Gasteiger partial charge in [0.25, 0.3) is 0 Å². The first kappa shape index (κ1) is 8.24. The molecule has 2 aliphatic heterocycles. The van der Waals surface area contributed by atoms with Crippen molar-refractivity contribution in [2.75, 3.05) is 13.1 Å². The van der Waals surface area contributed by atoms with E-state index in [9.17, 15) is 4.79 Å². The van der Waals surface area contributed by atoms with Crippen LogP contribution in [0.5, 0.6) is 0 Å². The predicted molar refractivity (Wildman–Crippen MR) is 48.0 cm³/mol. The van der Waals surface area contributed by atoms with E-state index in [1.165, 1.54) is 19.4 Å². The smallest absolute Gasteiger partial charge is 0.135 e. The number of carbonyl (C=O) groups excluding carboxylic acids is 1. The maximum Gasteiger partial charge on any atom is 0.135 e. The SMILES string of the molecule is CCC1C[C@H]2CC(=O)CCN2C1. The predicted octanol–water partition coefficient (Wildman–Crippen LogP) is 1.45. The van der Waals surface area contributed by atoms with Crippen LogP contribution in [0.25, 0.3) is 0 Å². The van der Waals surface area contributed by atoms with Gasteiger partial charge in [0.15, 0.2) is 0 Å². The zero-order valence-corrected chi connectivity index (χ0v) is 7.75. The van der Waals surface area contributed by atoms with Gasteiger partial charge in [0.1, 0.15) is 5.78 Å². The molecular formula is C10H17NO. The molecule has 0 aliphatic carbocycles. The zero-order chi connectivity index (χ0) is 8.55. The van der Waals surface area contributed by atoms with E-state index >= 15 is 0 Å². The van der Waals surface area contributed by atoms with Crippen molar-refractivity contribution < 1.29 is 4.79 Å². The van der Waals surface area contributed by atoms with Crippen molar-refractivity contribution in [3.63, 3.8) is 0 Å². The molecular weight excluding hydrogens is 150 g/mol. The fourth-order valence-electron chi connectivity index (χ4n) is 2.50. The molecule has 2 aliphatic rings. The molecule has 0 spiro atoms. The molecule has 0 amide bonds. The van der Waals surface area contributed by atoms with Crippen molar-refractivity contribution in [3.05, 3.63) is 0 Å². The minimum atomic E-state index is 0.480. The highest BCUT2D eigenvalue weighted by Gasteiger charge is 2.34. The molecule has 2 saturated heterocycles. The van der Waals surface area contributed by atoms with Gasteiger partial charge in [-0.3, -0.25) is 9.69 Å². The number of fused-ring (bicyclic) bond motifs is 1. The summed E-state index contributed by atoms with van der Waals surface area (Å²) in [6, 6.07) is 0.608. The van der Waals surface area contributed by atoms with Gasteiger partial charge in [0.05, 0.1) is 0 Å². The lowest BCUT2D eigenvalue weighted by Crippen LogP contribution is -2.38. The molecule has 12 heavy (non-hydrogen) atoms. The molecule has 2 heterocycles. The van der Waals surface area contributed by atoms with Gasteiger partial charge < -0.3 is 0 Å². The summed E-state index contributed by atoms with van der Waals surface area (Å²) >= 11 is 0. The molecule has 0 N–H and O–H groups in total. The Kier molecular flexibility index (Phi) is 2.18. The molecule has 0 aromatic heterocycles. The van der Waals surface area contributed by atoms with E-state index < -0.39 is 0 Å². The Morgan fingerprint density at radius 3 is 3.17 bits per heavy atom. The number of nitrogens with zero attached hydrogens (tertiary/aromatic N) is 1. The molecule has 0 bridgehead atoms. The summed E-state index contributed by atoms with van der Waals surface area (Å²) in [6.45, 7) is 4.53. The molecule has 0 aromatic carbocycles. The number of carbonyl (C=O) groups is 1. The minimum Gasteiger partial charge on any atom is -0.300 e. The number of hydrogen-bond donors (Lipinski definition) is 0. The second kappa shape index (κ2) is 3.17. The fourth-order valence-corrected chi connectivity index (χ4v) is 2.50. The number of hydrogen-bond acceptors (Lipinski definition) is 2. The van der Waals surface area contributed by atoms with Crippen LogP contribution in [0.3, 0.4) is 0 Å². The van der Waals surface area contributed by atoms with Crippen LogP contribution in [0.2, 0.25) is 0 Å². The lowest BCUT2D eigenvalue weighted by atomic mass is 9.98. The van der Waals surface area contributed by atoms with Crippen molar-refractivity contribution in [2.45, 2.75) is 38.6 Å². The van der Waals surface area contributed by atoms with Gasteiger partial charge in [-0.2, -0.15) is 0 Å². The van der Waals surface area contributed by atoms with Crippen molar-refractivity contribution in [2.24, 2.45) is 5.92 Å². The highest BCUT2D eigenvalue weighted by molar-refractivity contribution is 5.80. The Bertz CT molecular complexity index is 190. The average Bonchev–Trinajstić information content (AvgIpc) is 2.46. The number of piperidine rings is 1. The molecule has 0 aromatic rings. The lowest BCUT2D eigenvalue weighted by molar-refractivity contribution is -0.122. The van der Waals surface area contributed by atoms with E-state index in [0.29, 0.717) is 11.8 Å². The molecule has 2 heteroatoms. The Hall–Kier alpha value is -0.370. The second-order valence-corrected chi connectivity index (χ2v) is 4.15. The van der Waals surface area contributed by atoms with Crippen molar-refractivity contribution in [3.8, 4) is 0 Å². The first-order chi connectivity index (χ1) is 5.79. The van der Waals surface area contributed by atoms with Gasteiger partial charge in [0, 0.05) is 32.0 Å². The summed E-state index contributed by atoms with van der Waals surface area (Å²) in [5.41, 5.74) is 0. The zero-order valence-electron chi connectivity index (χ0n) is 7.75. The van der Waals surface area contributed by atoms with Gasteiger partial charge >= 0.3 is 0 Å². The summed E-state index contributed by atoms with van der Waals surface area (Å²) < 4.78 is 0. The second-order valence-electron chi connectivity index (χ2n) is 4.15.